The molecule has 146 valence electrons. The topological polar surface area (TPSA) is 106 Å². The Kier molecular flexibility index (Phi) is 6.45. The molecule has 0 spiro atoms. The van der Waals surface area contributed by atoms with Crippen LogP contribution in [-0.4, -0.2) is 57.8 Å². The summed E-state index contributed by atoms with van der Waals surface area (Å²) < 4.78 is 50.4. The first-order valence-electron chi connectivity index (χ1n) is 8.39. The van der Waals surface area contributed by atoms with Crippen LogP contribution in [-0.2, 0) is 10.0 Å². The minimum atomic E-state index is -3.17. The predicted molar refractivity (Wildman–Crippen MR) is 94.4 cm³/mol. The number of rotatable bonds is 3. The number of sulfonamides is 1. The zero-order valence-electron chi connectivity index (χ0n) is 15.1. The molecular weight excluding hydrogens is 366 g/mol. The number of fused-ring (bicyclic) bond motifs is 1. The van der Waals surface area contributed by atoms with E-state index in [4.69, 9.17) is 5.73 Å². The Morgan fingerprint density at radius 1 is 1.46 bits per heavy atom. The fourth-order valence-electron chi connectivity index (χ4n) is 2.58. The van der Waals surface area contributed by atoms with Crippen molar-refractivity contribution in [1.29, 1.82) is 0 Å². The van der Waals surface area contributed by atoms with Gasteiger partial charge in [-0.3, -0.25) is 0 Å². The highest BCUT2D eigenvalue weighted by atomic mass is 32.2. The molecule has 0 aliphatic carbocycles. The van der Waals surface area contributed by atoms with Gasteiger partial charge in [-0.25, -0.2) is 27.3 Å². The van der Waals surface area contributed by atoms with Crippen molar-refractivity contribution in [3.8, 4) is 0 Å². The van der Waals surface area contributed by atoms with Gasteiger partial charge in [-0.15, -0.1) is 5.10 Å². The molecule has 0 radical (unpaired) electrons. The van der Waals surface area contributed by atoms with Crippen molar-refractivity contribution < 1.29 is 17.2 Å². The molecule has 0 amide bonds. The number of halogens is 2. The number of hydrogen-bond donors (Lipinski definition) is 1. The summed E-state index contributed by atoms with van der Waals surface area (Å²) in [6.45, 7) is 4.48. The van der Waals surface area contributed by atoms with Crippen molar-refractivity contribution in [2.75, 3.05) is 25.1 Å². The molecular formula is C15H24F2N6O2S. The maximum Gasteiger partial charge on any atom is 0.242 e. The smallest absolute Gasteiger partial charge is 0.242 e. The van der Waals surface area contributed by atoms with Gasteiger partial charge in [0.2, 0.25) is 21.9 Å². The van der Waals surface area contributed by atoms with Crippen molar-refractivity contribution >= 4 is 21.5 Å². The Labute approximate surface area is 151 Å². The maximum absolute atomic E-state index is 13.4. The number of piperidine rings is 1. The van der Waals surface area contributed by atoms with E-state index in [2.05, 4.69) is 15.1 Å². The standard InChI is InChI=1S/C9H12FN5.C6H12FNO2S/c1-3-5(2)8-13-7(10)6-4-12-9(11)14-15(6)8;1-11(9,10)8-4-2-3-6(7)5-8/h4-5H,3H2,1-2H3,(H2,11,14);6H,2-5H2,1H3. The van der Waals surface area contributed by atoms with Crippen LogP contribution in [0, 0.1) is 5.95 Å². The fraction of sp³-hybridized carbons (Fsp3) is 0.667. The van der Waals surface area contributed by atoms with Gasteiger partial charge in [-0.05, 0) is 19.3 Å². The van der Waals surface area contributed by atoms with Gasteiger partial charge in [-0.1, -0.05) is 13.8 Å². The lowest BCUT2D eigenvalue weighted by atomic mass is 10.1. The zero-order valence-corrected chi connectivity index (χ0v) is 15.9. The molecule has 26 heavy (non-hydrogen) atoms. The van der Waals surface area contributed by atoms with Crippen molar-refractivity contribution in [1.82, 2.24) is 23.9 Å². The molecule has 2 atom stereocenters. The van der Waals surface area contributed by atoms with Crippen molar-refractivity contribution in [2.45, 2.75) is 45.2 Å². The molecule has 3 rings (SSSR count). The van der Waals surface area contributed by atoms with E-state index < -0.39 is 22.1 Å². The molecule has 2 aromatic rings. The van der Waals surface area contributed by atoms with E-state index in [1.807, 2.05) is 13.8 Å². The highest BCUT2D eigenvalue weighted by Gasteiger charge is 2.25. The van der Waals surface area contributed by atoms with Crippen LogP contribution in [0.5, 0.6) is 0 Å². The highest BCUT2D eigenvalue weighted by Crippen LogP contribution is 2.20. The quantitative estimate of drug-likeness (QED) is 0.856. The molecule has 1 aliphatic rings. The molecule has 2 aromatic heterocycles. The van der Waals surface area contributed by atoms with Crippen molar-refractivity contribution in [3.05, 3.63) is 18.0 Å². The van der Waals surface area contributed by atoms with Crippen molar-refractivity contribution in [3.63, 3.8) is 0 Å². The summed E-state index contributed by atoms with van der Waals surface area (Å²) >= 11 is 0. The SMILES string of the molecule is CCC(C)c1nc(F)c2cnc(N)nn12.CS(=O)(=O)N1CCCC(F)C1. The van der Waals surface area contributed by atoms with Crippen LogP contribution in [0.2, 0.25) is 0 Å². The van der Waals surface area contributed by atoms with Crippen LogP contribution in [0.4, 0.5) is 14.7 Å². The number of nitrogens with two attached hydrogens (primary N) is 1. The first kappa shape index (κ1) is 20.4. The van der Waals surface area contributed by atoms with Crippen molar-refractivity contribution in [2.24, 2.45) is 0 Å². The predicted octanol–water partition coefficient (Wildman–Crippen LogP) is 1.74. The maximum atomic E-state index is 13.4. The van der Waals surface area contributed by atoms with Gasteiger partial charge in [0.1, 0.15) is 17.5 Å². The molecule has 1 aliphatic heterocycles. The lowest BCUT2D eigenvalue weighted by Gasteiger charge is -2.26. The molecule has 3 heterocycles. The molecule has 2 N–H and O–H groups in total. The van der Waals surface area contributed by atoms with E-state index in [1.54, 1.807) is 0 Å². The Balaban J connectivity index is 0.000000197. The van der Waals surface area contributed by atoms with Crippen LogP contribution in [0.25, 0.3) is 5.52 Å². The summed E-state index contributed by atoms with van der Waals surface area (Å²) in [6.07, 6.45) is 3.48. The summed E-state index contributed by atoms with van der Waals surface area (Å²) in [5, 5.41) is 3.95. The number of hydrogen-bond acceptors (Lipinski definition) is 6. The number of alkyl halides is 1. The lowest BCUT2D eigenvalue weighted by molar-refractivity contribution is 0.203. The van der Waals surface area contributed by atoms with E-state index >= 15 is 0 Å². The van der Waals surface area contributed by atoms with Gasteiger partial charge in [0.25, 0.3) is 0 Å². The van der Waals surface area contributed by atoms with Gasteiger partial charge >= 0.3 is 0 Å². The molecule has 0 bridgehead atoms. The van der Waals surface area contributed by atoms with Crippen LogP contribution in [0.15, 0.2) is 6.20 Å². The fourth-order valence-corrected chi connectivity index (χ4v) is 3.47. The average Bonchev–Trinajstić information content (AvgIpc) is 2.90. The molecule has 2 unspecified atom stereocenters. The first-order valence-corrected chi connectivity index (χ1v) is 10.2. The van der Waals surface area contributed by atoms with Crippen LogP contribution >= 0.6 is 0 Å². The number of nitrogens with zero attached hydrogens (tertiary/aromatic N) is 5. The Hall–Kier alpha value is -1.88. The Morgan fingerprint density at radius 3 is 2.69 bits per heavy atom. The third-order valence-corrected chi connectivity index (χ3v) is 5.51. The van der Waals surface area contributed by atoms with E-state index in [0.29, 0.717) is 25.2 Å². The number of nitrogen functional groups attached to an aromatic ring is 1. The summed E-state index contributed by atoms with van der Waals surface area (Å²) in [5.41, 5.74) is 5.71. The molecule has 8 nitrogen and oxygen atoms in total. The van der Waals surface area contributed by atoms with Gasteiger partial charge in [0.05, 0.1) is 12.5 Å². The second-order valence-electron chi connectivity index (χ2n) is 6.34. The summed E-state index contributed by atoms with van der Waals surface area (Å²) in [5.74, 6) is 0.283. The average molecular weight is 390 g/mol. The van der Waals surface area contributed by atoms with Crippen LogP contribution in [0.3, 0.4) is 0 Å². The van der Waals surface area contributed by atoms with Crippen LogP contribution < -0.4 is 5.73 Å². The normalized spacial score (nSPS) is 19.8. The molecule has 0 aromatic carbocycles. The number of imidazole rings is 1. The summed E-state index contributed by atoms with van der Waals surface area (Å²) in [7, 11) is -3.17. The highest BCUT2D eigenvalue weighted by molar-refractivity contribution is 7.88. The largest absolute Gasteiger partial charge is 0.367 e. The second-order valence-corrected chi connectivity index (χ2v) is 8.33. The lowest BCUT2D eigenvalue weighted by Crippen LogP contribution is -2.39. The van der Waals surface area contributed by atoms with Crippen LogP contribution in [0.1, 0.15) is 44.9 Å². The third kappa shape index (κ3) is 4.85. The Bertz CT molecular complexity index is 857. The third-order valence-electron chi connectivity index (χ3n) is 4.24. The minimum Gasteiger partial charge on any atom is -0.367 e. The van der Waals surface area contributed by atoms with Gasteiger partial charge < -0.3 is 5.73 Å². The number of aromatic nitrogens is 4. The van der Waals surface area contributed by atoms with Gasteiger partial charge in [0, 0.05) is 19.0 Å². The minimum absolute atomic E-state index is 0.0405. The molecule has 1 fully saturated rings. The molecule has 0 saturated carbocycles. The van der Waals surface area contributed by atoms with E-state index in [1.165, 1.54) is 15.0 Å². The summed E-state index contributed by atoms with van der Waals surface area (Å²) in [4.78, 5) is 7.57. The van der Waals surface area contributed by atoms with E-state index in [9.17, 15) is 17.2 Å². The van der Waals surface area contributed by atoms with Gasteiger partial charge in [0.15, 0.2) is 0 Å². The van der Waals surface area contributed by atoms with E-state index in [0.717, 1.165) is 12.7 Å². The monoisotopic (exact) mass is 390 g/mol. The first-order chi connectivity index (χ1) is 12.1. The van der Waals surface area contributed by atoms with Gasteiger partial charge in [-0.2, -0.15) is 8.70 Å². The second kappa shape index (κ2) is 8.21. The summed E-state index contributed by atoms with van der Waals surface area (Å²) in [6, 6.07) is 0. The van der Waals surface area contributed by atoms with E-state index in [-0.39, 0.29) is 23.9 Å². The number of anilines is 1. The molecule has 1 saturated heterocycles. The molecule has 11 heteroatoms. The Morgan fingerprint density at radius 2 is 2.15 bits per heavy atom. The zero-order chi connectivity index (χ0) is 19.5.